The lowest BCUT2D eigenvalue weighted by Gasteiger charge is -2.21. The molecule has 1 saturated heterocycles. The van der Waals surface area contributed by atoms with Gasteiger partial charge >= 0.3 is 0 Å². The maximum Gasteiger partial charge on any atom is 0.0590 e. The fourth-order valence-electron chi connectivity index (χ4n) is 1.15. The van der Waals surface area contributed by atoms with Gasteiger partial charge in [0.2, 0.25) is 0 Å². The molecule has 0 unspecified atom stereocenters. The summed E-state index contributed by atoms with van der Waals surface area (Å²) in [6, 6.07) is 0. The number of hydrogen-bond donors (Lipinski definition) is 0. The lowest BCUT2D eigenvalue weighted by molar-refractivity contribution is 0.0491. The van der Waals surface area contributed by atoms with Crippen LogP contribution in [0.3, 0.4) is 0 Å². The molecule has 0 atom stereocenters. The molecule has 0 saturated carbocycles. The minimum absolute atomic E-state index is 0.565. The molecular formula is C8H15BrOS. The van der Waals surface area contributed by atoms with E-state index in [0.717, 1.165) is 18.4 Å². The second kappa shape index (κ2) is 6.32. The molecule has 0 spiro atoms. The van der Waals surface area contributed by atoms with Gasteiger partial charge in [0.25, 0.3) is 0 Å². The molecule has 0 amide bonds. The summed E-state index contributed by atoms with van der Waals surface area (Å²) in [4.78, 5) is 0. The van der Waals surface area contributed by atoms with Crippen LogP contribution in [0.15, 0.2) is 0 Å². The lowest BCUT2D eigenvalue weighted by atomic mass is 10.2. The van der Waals surface area contributed by atoms with Crippen LogP contribution in [0.1, 0.15) is 19.3 Å². The minimum atomic E-state index is 0.565. The van der Waals surface area contributed by atoms with Gasteiger partial charge in [-0.3, -0.25) is 0 Å². The molecule has 0 aromatic rings. The Balaban J connectivity index is 1.96. The smallest absolute Gasteiger partial charge is 0.0590 e. The van der Waals surface area contributed by atoms with Crippen molar-refractivity contribution in [2.75, 3.05) is 23.4 Å². The van der Waals surface area contributed by atoms with Crippen molar-refractivity contribution in [2.24, 2.45) is 0 Å². The molecule has 0 bridgehead atoms. The third-order valence-electron chi connectivity index (χ3n) is 1.80. The summed E-state index contributed by atoms with van der Waals surface area (Å²) >= 11 is 5.44. The summed E-state index contributed by atoms with van der Waals surface area (Å²) in [6.45, 7) is 0.931. The third-order valence-corrected chi connectivity index (χ3v) is 3.41. The minimum Gasteiger partial charge on any atom is -0.378 e. The first-order valence-electron chi connectivity index (χ1n) is 4.19. The van der Waals surface area contributed by atoms with Crippen LogP contribution >= 0.6 is 27.7 Å². The quantitative estimate of drug-likeness (QED) is 0.551. The van der Waals surface area contributed by atoms with Crippen LogP contribution in [-0.2, 0) is 4.74 Å². The summed E-state index contributed by atoms with van der Waals surface area (Å²) in [5.41, 5.74) is 0. The standard InChI is InChI=1S/C8H15BrOS/c9-4-1-5-10-8-2-6-11-7-3-8/h8H,1-7H2. The van der Waals surface area contributed by atoms with E-state index in [-0.39, 0.29) is 0 Å². The molecular weight excluding hydrogens is 224 g/mol. The fraction of sp³-hybridized carbons (Fsp3) is 1.00. The van der Waals surface area contributed by atoms with Crippen molar-refractivity contribution in [3.05, 3.63) is 0 Å². The maximum absolute atomic E-state index is 5.68. The predicted molar refractivity (Wildman–Crippen MR) is 54.7 cm³/mol. The van der Waals surface area contributed by atoms with Gasteiger partial charge in [0.1, 0.15) is 0 Å². The number of thioether (sulfide) groups is 1. The zero-order valence-corrected chi connectivity index (χ0v) is 9.12. The van der Waals surface area contributed by atoms with Gasteiger partial charge in [-0.1, -0.05) is 15.9 Å². The molecule has 1 rings (SSSR count). The Morgan fingerprint density at radius 2 is 2.09 bits per heavy atom. The van der Waals surface area contributed by atoms with E-state index in [4.69, 9.17) is 4.74 Å². The normalized spacial score (nSPS) is 20.5. The van der Waals surface area contributed by atoms with Crippen LogP contribution < -0.4 is 0 Å². The van der Waals surface area contributed by atoms with E-state index in [1.165, 1.54) is 24.3 Å². The molecule has 0 aromatic heterocycles. The van der Waals surface area contributed by atoms with Crippen molar-refractivity contribution in [1.29, 1.82) is 0 Å². The van der Waals surface area contributed by atoms with Crippen LogP contribution in [0.25, 0.3) is 0 Å². The predicted octanol–water partition coefficient (Wildman–Crippen LogP) is 2.68. The van der Waals surface area contributed by atoms with Crippen LogP contribution in [-0.4, -0.2) is 29.5 Å². The molecule has 0 aromatic carbocycles. The lowest BCUT2D eigenvalue weighted by Crippen LogP contribution is -2.19. The Hall–Kier alpha value is 0.790. The summed E-state index contributed by atoms with van der Waals surface area (Å²) < 4.78 is 5.68. The van der Waals surface area contributed by atoms with Gasteiger partial charge in [0.05, 0.1) is 6.10 Å². The highest BCUT2D eigenvalue weighted by Gasteiger charge is 2.12. The Kier molecular flexibility index (Phi) is 5.68. The van der Waals surface area contributed by atoms with Gasteiger partial charge in [-0.25, -0.2) is 0 Å². The Bertz CT molecular complexity index is 94.1. The molecule has 0 N–H and O–H groups in total. The summed E-state index contributed by atoms with van der Waals surface area (Å²) in [5, 5.41) is 1.06. The number of alkyl halides is 1. The molecule has 1 nitrogen and oxygen atoms in total. The number of rotatable bonds is 4. The molecule has 11 heavy (non-hydrogen) atoms. The molecule has 3 heteroatoms. The molecule has 1 heterocycles. The van der Waals surface area contributed by atoms with Gasteiger partial charge in [0.15, 0.2) is 0 Å². The average Bonchev–Trinajstić information content (AvgIpc) is 2.07. The van der Waals surface area contributed by atoms with Gasteiger partial charge in [-0.2, -0.15) is 11.8 Å². The topological polar surface area (TPSA) is 9.23 Å². The van der Waals surface area contributed by atoms with Crippen LogP contribution in [0.2, 0.25) is 0 Å². The summed E-state index contributed by atoms with van der Waals surface area (Å²) in [5.74, 6) is 2.58. The second-order valence-corrected chi connectivity index (χ2v) is 4.74. The van der Waals surface area contributed by atoms with E-state index in [0.29, 0.717) is 6.10 Å². The van der Waals surface area contributed by atoms with Crippen molar-refractivity contribution in [1.82, 2.24) is 0 Å². The largest absolute Gasteiger partial charge is 0.378 e. The van der Waals surface area contributed by atoms with Crippen molar-refractivity contribution in [3.8, 4) is 0 Å². The van der Waals surface area contributed by atoms with Crippen molar-refractivity contribution in [2.45, 2.75) is 25.4 Å². The fourth-order valence-corrected chi connectivity index (χ4v) is 2.44. The van der Waals surface area contributed by atoms with Crippen LogP contribution in [0.4, 0.5) is 0 Å². The molecule has 66 valence electrons. The van der Waals surface area contributed by atoms with E-state index in [9.17, 15) is 0 Å². The highest BCUT2D eigenvalue weighted by atomic mass is 79.9. The molecule has 0 radical (unpaired) electrons. The summed E-state index contributed by atoms with van der Waals surface area (Å²) in [7, 11) is 0. The van der Waals surface area contributed by atoms with E-state index in [2.05, 4.69) is 15.9 Å². The zero-order chi connectivity index (χ0) is 7.94. The molecule has 1 aliphatic rings. The number of halogens is 1. The van der Waals surface area contributed by atoms with Gasteiger partial charge in [-0.15, -0.1) is 0 Å². The first-order valence-corrected chi connectivity index (χ1v) is 6.46. The van der Waals surface area contributed by atoms with E-state index in [1.54, 1.807) is 0 Å². The zero-order valence-electron chi connectivity index (χ0n) is 6.72. The van der Waals surface area contributed by atoms with Crippen molar-refractivity contribution >= 4 is 27.7 Å². The molecule has 0 aliphatic carbocycles. The monoisotopic (exact) mass is 238 g/mol. The average molecular weight is 239 g/mol. The van der Waals surface area contributed by atoms with Gasteiger partial charge in [0, 0.05) is 11.9 Å². The van der Waals surface area contributed by atoms with Crippen LogP contribution in [0.5, 0.6) is 0 Å². The van der Waals surface area contributed by atoms with E-state index in [1.807, 2.05) is 11.8 Å². The highest BCUT2D eigenvalue weighted by molar-refractivity contribution is 9.09. The second-order valence-electron chi connectivity index (χ2n) is 2.73. The maximum atomic E-state index is 5.68. The third kappa shape index (κ3) is 4.38. The first kappa shape index (κ1) is 9.87. The Labute approximate surface area is 81.4 Å². The Morgan fingerprint density at radius 1 is 1.36 bits per heavy atom. The van der Waals surface area contributed by atoms with Crippen LogP contribution in [0, 0.1) is 0 Å². The highest BCUT2D eigenvalue weighted by Crippen LogP contribution is 2.19. The first-order chi connectivity index (χ1) is 5.43. The van der Waals surface area contributed by atoms with Gasteiger partial charge < -0.3 is 4.74 Å². The van der Waals surface area contributed by atoms with Gasteiger partial charge in [-0.05, 0) is 30.8 Å². The molecule has 1 fully saturated rings. The molecule has 1 aliphatic heterocycles. The number of ether oxygens (including phenoxy) is 1. The van der Waals surface area contributed by atoms with E-state index < -0.39 is 0 Å². The SMILES string of the molecule is BrCCCOC1CCSCC1. The number of hydrogen-bond acceptors (Lipinski definition) is 2. The van der Waals surface area contributed by atoms with Crippen molar-refractivity contribution < 1.29 is 4.74 Å². The Morgan fingerprint density at radius 3 is 2.73 bits per heavy atom. The van der Waals surface area contributed by atoms with Crippen molar-refractivity contribution in [3.63, 3.8) is 0 Å². The summed E-state index contributed by atoms with van der Waals surface area (Å²) in [6.07, 6.45) is 4.22. The van der Waals surface area contributed by atoms with E-state index >= 15 is 0 Å².